The number of nitrogens with zero attached hydrogens (tertiary/aromatic N) is 2. The molecule has 1 aromatic carbocycles. The number of nitriles is 1. The van der Waals surface area contributed by atoms with Crippen molar-refractivity contribution in [2.45, 2.75) is 26.7 Å². The summed E-state index contributed by atoms with van der Waals surface area (Å²) in [7, 11) is 0. The minimum Gasteiger partial charge on any atom is -0.325 e. The molecule has 1 amide bonds. The Morgan fingerprint density at radius 2 is 2.19 bits per heavy atom. The molecule has 0 saturated carbocycles. The second-order valence-electron chi connectivity index (χ2n) is 5.85. The predicted octanol–water partition coefficient (Wildman–Crippen LogP) is 3.70. The highest BCUT2D eigenvalue weighted by Crippen LogP contribution is 2.28. The minimum atomic E-state index is -0.399. The number of carbonyl (C=O) groups excluding carboxylic acids is 1. The van der Waals surface area contributed by atoms with Gasteiger partial charge in [-0.3, -0.25) is 9.59 Å². The predicted molar refractivity (Wildman–Crippen MR) is 103 cm³/mol. The molecule has 0 aliphatic rings. The topological polar surface area (TPSA) is 98.6 Å². The number of nitrogens with one attached hydrogen (secondary N) is 2. The molecular formula is C18H15ClN4O2S. The van der Waals surface area contributed by atoms with Crippen LogP contribution in [0.4, 0.5) is 5.13 Å². The van der Waals surface area contributed by atoms with Crippen molar-refractivity contribution in [3.8, 4) is 6.07 Å². The molecule has 0 atom stereocenters. The van der Waals surface area contributed by atoms with E-state index in [2.05, 4.69) is 15.3 Å². The SMILES string of the molecule is Cc1[nH]c(=O)c(C#N)c(C)c1CCC(=O)Nc1nc2ccc(Cl)cc2s1. The molecule has 26 heavy (non-hydrogen) atoms. The molecule has 8 heteroatoms. The molecule has 6 nitrogen and oxygen atoms in total. The number of carbonyl (C=O) groups is 1. The van der Waals surface area contributed by atoms with Gasteiger partial charge < -0.3 is 10.3 Å². The Balaban J connectivity index is 1.73. The summed E-state index contributed by atoms with van der Waals surface area (Å²) in [5.41, 5.74) is 2.58. The summed E-state index contributed by atoms with van der Waals surface area (Å²) in [5.74, 6) is -0.182. The first-order valence-corrected chi connectivity index (χ1v) is 9.07. The van der Waals surface area contributed by atoms with E-state index >= 15 is 0 Å². The van der Waals surface area contributed by atoms with Gasteiger partial charge in [-0.15, -0.1) is 0 Å². The molecule has 0 unspecified atom stereocenters. The zero-order valence-corrected chi connectivity index (χ0v) is 15.7. The standard InChI is InChI=1S/C18H15ClN4O2S/c1-9-12(10(2)21-17(25)13(9)8-20)4-6-16(24)23-18-22-14-5-3-11(19)7-15(14)26-18/h3,5,7H,4,6H2,1-2H3,(H,21,25)(H,22,23,24). The number of pyridine rings is 1. The third-order valence-electron chi connectivity index (χ3n) is 4.12. The van der Waals surface area contributed by atoms with E-state index in [9.17, 15) is 9.59 Å². The molecule has 0 aliphatic carbocycles. The van der Waals surface area contributed by atoms with E-state index < -0.39 is 5.56 Å². The first kappa shape index (κ1) is 18.1. The smallest absolute Gasteiger partial charge is 0.266 e. The van der Waals surface area contributed by atoms with Crippen LogP contribution in [0, 0.1) is 25.2 Å². The quantitative estimate of drug-likeness (QED) is 0.714. The Morgan fingerprint density at radius 3 is 2.92 bits per heavy atom. The van der Waals surface area contributed by atoms with E-state index in [1.807, 2.05) is 6.07 Å². The first-order chi connectivity index (χ1) is 12.4. The lowest BCUT2D eigenvalue weighted by atomic mass is 9.99. The van der Waals surface area contributed by atoms with Gasteiger partial charge in [-0.25, -0.2) is 4.98 Å². The van der Waals surface area contributed by atoms with E-state index in [0.717, 1.165) is 15.8 Å². The van der Waals surface area contributed by atoms with E-state index in [1.54, 1.807) is 32.0 Å². The molecule has 3 rings (SSSR count). The van der Waals surface area contributed by atoms with Crippen molar-refractivity contribution in [2.24, 2.45) is 0 Å². The van der Waals surface area contributed by atoms with Crippen molar-refractivity contribution in [2.75, 3.05) is 5.32 Å². The Morgan fingerprint density at radius 1 is 1.42 bits per heavy atom. The van der Waals surface area contributed by atoms with Crippen molar-refractivity contribution in [3.05, 3.63) is 56.0 Å². The second-order valence-corrected chi connectivity index (χ2v) is 7.32. The summed E-state index contributed by atoms with van der Waals surface area (Å²) in [5, 5.41) is 13.0. The molecule has 3 aromatic rings. The normalized spacial score (nSPS) is 10.7. The largest absolute Gasteiger partial charge is 0.325 e. The van der Waals surface area contributed by atoms with Gasteiger partial charge in [0.1, 0.15) is 11.6 Å². The number of anilines is 1. The molecule has 0 spiro atoms. The number of aryl methyl sites for hydroxylation is 1. The van der Waals surface area contributed by atoms with Crippen LogP contribution in [0.3, 0.4) is 0 Å². The number of H-pyrrole nitrogens is 1. The maximum atomic E-state index is 12.3. The molecule has 0 aliphatic heterocycles. The van der Waals surface area contributed by atoms with Crippen LogP contribution in [0.15, 0.2) is 23.0 Å². The molecule has 2 N–H and O–H groups in total. The van der Waals surface area contributed by atoms with E-state index in [0.29, 0.717) is 27.8 Å². The number of aromatic amines is 1. The van der Waals surface area contributed by atoms with Crippen molar-refractivity contribution >= 4 is 44.2 Å². The maximum Gasteiger partial charge on any atom is 0.266 e. The average Bonchev–Trinajstić information content (AvgIpc) is 2.95. The van der Waals surface area contributed by atoms with Gasteiger partial charge in [0.25, 0.3) is 5.56 Å². The van der Waals surface area contributed by atoms with Crippen LogP contribution in [0.5, 0.6) is 0 Å². The van der Waals surface area contributed by atoms with Gasteiger partial charge in [-0.05, 0) is 49.6 Å². The number of halogens is 1. The number of fused-ring (bicyclic) bond motifs is 1. The second kappa shape index (κ2) is 7.28. The molecule has 2 aromatic heterocycles. The number of aromatic nitrogens is 2. The van der Waals surface area contributed by atoms with Crippen LogP contribution in [-0.2, 0) is 11.2 Å². The van der Waals surface area contributed by atoms with Gasteiger partial charge in [0.2, 0.25) is 5.91 Å². The van der Waals surface area contributed by atoms with Crippen molar-refractivity contribution in [1.82, 2.24) is 9.97 Å². The fourth-order valence-corrected chi connectivity index (χ4v) is 3.95. The average molecular weight is 387 g/mol. The van der Waals surface area contributed by atoms with Gasteiger partial charge in [0.05, 0.1) is 10.2 Å². The summed E-state index contributed by atoms with van der Waals surface area (Å²) in [4.78, 5) is 31.0. The highest BCUT2D eigenvalue weighted by molar-refractivity contribution is 7.22. The summed E-state index contributed by atoms with van der Waals surface area (Å²) in [6.07, 6.45) is 0.640. The van der Waals surface area contributed by atoms with Gasteiger partial charge in [-0.1, -0.05) is 22.9 Å². The van der Waals surface area contributed by atoms with E-state index in [4.69, 9.17) is 16.9 Å². The maximum absolute atomic E-state index is 12.3. The van der Waals surface area contributed by atoms with Crippen LogP contribution in [0.1, 0.15) is 28.8 Å². The van der Waals surface area contributed by atoms with Gasteiger partial charge in [0.15, 0.2) is 5.13 Å². The minimum absolute atomic E-state index is 0.0917. The Kier molecular flexibility index (Phi) is 5.07. The number of rotatable bonds is 4. The summed E-state index contributed by atoms with van der Waals surface area (Å²) >= 11 is 7.32. The third kappa shape index (κ3) is 3.62. The summed E-state index contributed by atoms with van der Waals surface area (Å²) < 4.78 is 0.902. The zero-order chi connectivity index (χ0) is 18.8. The number of amides is 1. The van der Waals surface area contributed by atoms with Crippen molar-refractivity contribution in [3.63, 3.8) is 0 Å². The number of hydrogen-bond donors (Lipinski definition) is 2. The Labute approximate surface area is 158 Å². The fraction of sp³-hybridized carbons (Fsp3) is 0.222. The molecule has 132 valence electrons. The molecule has 0 bridgehead atoms. The van der Waals surface area contributed by atoms with E-state index in [1.165, 1.54) is 11.3 Å². The zero-order valence-electron chi connectivity index (χ0n) is 14.1. The number of hydrogen-bond acceptors (Lipinski definition) is 5. The summed E-state index contributed by atoms with van der Waals surface area (Å²) in [6.45, 7) is 3.49. The van der Waals surface area contributed by atoms with Gasteiger partial charge in [0, 0.05) is 17.1 Å². The highest BCUT2D eigenvalue weighted by atomic mass is 35.5. The Bertz CT molecular complexity index is 1110. The van der Waals surface area contributed by atoms with Crippen LogP contribution in [0.25, 0.3) is 10.2 Å². The molecule has 0 fully saturated rings. The monoisotopic (exact) mass is 386 g/mol. The lowest BCUT2D eigenvalue weighted by Crippen LogP contribution is -2.18. The summed E-state index contributed by atoms with van der Waals surface area (Å²) in [6, 6.07) is 7.28. The number of benzene rings is 1. The number of thiazole rings is 1. The van der Waals surface area contributed by atoms with Crippen LogP contribution >= 0.6 is 22.9 Å². The lowest BCUT2D eigenvalue weighted by Gasteiger charge is -2.10. The van der Waals surface area contributed by atoms with Crippen LogP contribution < -0.4 is 10.9 Å². The fourth-order valence-electron chi connectivity index (χ4n) is 2.79. The molecular weight excluding hydrogens is 372 g/mol. The van der Waals surface area contributed by atoms with Crippen LogP contribution in [-0.4, -0.2) is 15.9 Å². The lowest BCUT2D eigenvalue weighted by molar-refractivity contribution is -0.116. The molecule has 2 heterocycles. The van der Waals surface area contributed by atoms with Crippen molar-refractivity contribution in [1.29, 1.82) is 5.26 Å². The van der Waals surface area contributed by atoms with Gasteiger partial charge >= 0.3 is 0 Å². The van der Waals surface area contributed by atoms with E-state index in [-0.39, 0.29) is 17.9 Å². The Hall–Kier alpha value is -2.69. The van der Waals surface area contributed by atoms with Crippen molar-refractivity contribution < 1.29 is 4.79 Å². The van der Waals surface area contributed by atoms with Gasteiger partial charge in [-0.2, -0.15) is 5.26 Å². The molecule has 0 radical (unpaired) electrons. The highest BCUT2D eigenvalue weighted by Gasteiger charge is 2.14. The molecule has 0 saturated heterocycles. The third-order valence-corrected chi connectivity index (χ3v) is 5.29. The van der Waals surface area contributed by atoms with Crippen LogP contribution in [0.2, 0.25) is 5.02 Å². The first-order valence-electron chi connectivity index (χ1n) is 7.87.